The second-order valence-corrected chi connectivity index (χ2v) is 4.74. The quantitative estimate of drug-likeness (QED) is 0.862. The van der Waals surface area contributed by atoms with E-state index >= 15 is 0 Å². The highest BCUT2D eigenvalue weighted by Gasteiger charge is 2.13. The van der Waals surface area contributed by atoms with Gasteiger partial charge in [-0.2, -0.15) is 0 Å². The molecular formula is C17H20FNO. The van der Waals surface area contributed by atoms with Crippen LogP contribution in [0.3, 0.4) is 0 Å². The van der Waals surface area contributed by atoms with Crippen molar-refractivity contribution in [1.29, 1.82) is 0 Å². The van der Waals surface area contributed by atoms with Crippen LogP contribution in [-0.2, 0) is 0 Å². The number of likely N-dealkylation sites (N-methyl/N-ethyl adjacent to an activating group) is 1. The van der Waals surface area contributed by atoms with Crippen LogP contribution in [0.4, 0.5) is 4.39 Å². The maximum absolute atomic E-state index is 13.3. The van der Waals surface area contributed by atoms with Gasteiger partial charge in [-0.05, 0) is 42.8 Å². The van der Waals surface area contributed by atoms with Gasteiger partial charge in [0.25, 0.3) is 0 Å². The molecule has 1 N–H and O–H groups in total. The molecule has 2 aromatic rings. The van der Waals surface area contributed by atoms with Gasteiger partial charge in [0.05, 0.1) is 0 Å². The molecule has 0 aliphatic rings. The Morgan fingerprint density at radius 1 is 1.15 bits per heavy atom. The van der Waals surface area contributed by atoms with E-state index in [1.165, 1.54) is 6.07 Å². The van der Waals surface area contributed by atoms with E-state index in [0.717, 1.165) is 18.7 Å². The van der Waals surface area contributed by atoms with Crippen LogP contribution in [-0.4, -0.2) is 13.1 Å². The smallest absolute Gasteiger partial charge is 0.136 e. The summed E-state index contributed by atoms with van der Waals surface area (Å²) < 4.78 is 19.3. The second-order valence-electron chi connectivity index (χ2n) is 4.74. The van der Waals surface area contributed by atoms with Gasteiger partial charge in [-0.1, -0.05) is 37.3 Å². The van der Waals surface area contributed by atoms with Crippen molar-refractivity contribution in [2.24, 2.45) is 0 Å². The lowest BCUT2D eigenvalue weighted by molar-refractivity contribution is 0.202. The zero-order valence-electron chi connectivity index (χ0n) is 11.9. The number of hydrogen-bond acceptors (Lipinski definition) is 2. The van der Waals surface area contributed by atoms with Gasteiger partial charge < -0.3 is 10.1 Å². The van der Waals surface area contributed by atoms with E-state index in [1.54, 1.807) is 19.1 Å². The monoisotopic (exact) mass is 273 g/mol. The third-order valence-corrected chi connectivity index (χ3v) is 3.16. The zero-order chi connectivity index (χ0) is 14.4. The molecule has 0 aliphatic carbocycles. The van der Waals surface area contributed by atoms with E-state index in [-0.39, 0.29) is 11.9 Å². The van der Waals surface area contributed by atoms with E-state index < -0.39 is 0 Å². The summed E-state index contributed by atoms with van der Waals surface area (Å²) in [5, 5.41) is 3.29. The molecule has 1 atom stereocenters. The van der Waals surface area contributed by atoms with Crippen LogP contribution >= 0.6 is 0 Å². The first kappa shape index (κ1) is 14.5. The van der Waals surface area contributed by atoms with Gasteiger partial charge in [0, 0.05) is 6.54 Å². The Labute approximate surface area is 119 Å². The third kappa shape index (κ3) is 3.81. The molecule has 0 saturated carbocycles. The number of rotatable bonds is 6. The predicted octanol–water partition coefficient (Wildman–Crippen LogP) is 3.86. The van der Waals surface area contributed by atoms with Gasteiger partial charge in [0.15, 0.2) is 0 Å². The van der Waals surface area contributed by atoms with E-state index in [1.807, 2.05) is 30.3 Å². The minimum Gasteiger partial charge on any atom is -0.484 e. The number of halogens is 1. The lowest BCUT2D eigenvalue weighted by atomic mass is 10.1. The van der Waals surface area contributed by atoms with E-state index in [9.17, 15) is 4.39 Å². The number of benzene rings is 2. The fourth-order valence-corrected chi connectivity index (χ4v) is 2.03. The molecule has 0 amide bonds. The molecule has 3 heteroatoms. The Morgan fingerprint density at radius 3 is 2.55 bits per heavy atom. The molecule has 0 heterocycles. The fourth-order valence-electron chi connectivity index (χ4n) is 2.03. The normalized spacial score (nSPS) is 12.2. The first-order valence-electron chi connectivity index (χ1n) is 6.89. The second kappa shape index (κ2) is 7.06. The van der Waals surface area contributed by atoms with E-state index in [4.69, 9.17) is 4.74 Å². The molecule has 0 bridgehead atoms. The van der Waals surface area contributed by atoms with Crippen LogP contribution in [0.5, 0.6) is 5.75 Å². The predicted molar refractivity (Wildman–Crippen MR) is 79.5 cm³/mol. The fraction of sp³-hybridized carbons (Fsp3) is 0.294. The Kier molecular flexibility index (Phi) is 5.13. The lowest BCUT2D eigenvalue weighted by Crippen LogP contribution is -2.24. The van der Waals surface area contributed by atoms with Crippen molar-refractivity contribution in [3.05, 3.63) is 65.5 Å². The van der Waals surface area contributed by atoms with Gasteiger partial charge in [0.2, 0.25) is 0 Å². The molecule has 0 fully saturated rings. The largest absolute Gasteiger partial charge is 0.484 e. The van der Waals surface area contributed by atoms with Gasteiger partial charge in [-0.3, -0.25) is 0 Å². The highest BCUT2D eigenvalue weighted by atomic mass is 19.1. The maximum Gasteiger partial charge on any atom is 0.136 e. The molecule has 0 radical (unpaired) electrons. The van der Waals surface area contributed by atoms with Gasteiger partial charge in [-0.25, -0.2) is 4.39 Å². The van der Waals surface area contributed by atoms with Crippen molar-refractivity contribution in [1.82, 2.24) is 5.32 Å². The van der Waals surface area contributed by atoms with Gasteiger partial charge in [0.1, 0.15) is 17.7 Å². The molecule has 2 aromatic carbocycles. The summed E-state index contributed by atoms with van der Waals surface area (Å²) in [4.78, 5) is 0. The average Bonchev–Trinajstić information content (AvgIpc) is 2.48. The van der Waals surface area contributed by atoms with Crippen LogP contribution in [0.1, 0.15) is 24.2 Å². The van der Waals surface area contributed by atoms with Crippen molar-refractivity contribution in [3.8, 4) is 5.75 Å². The highest BCUT2D eigenvalue weighted by molar-refractivity contribution is 5.30. The van der Waals surface area contributed by atoms with Gasteiger partial charge >= 0.3 is 0 Å². The summed E-state index contributed by atoms with van der Waals surface area (Å²) in [6.45, 7) is 5.40. The first-order valence-corrected chi connectivity index (χ1v) is 6.89. The Morgan fingerprint density at radius 2 is 1.90 bits per heavy atom. The van der Waals surface area contributed by atoms with Crippen molar-refractivity contribution in [2.75, 3.05) is 13.1 Å². The summed E-state index contributed by atoms with van der Waals surface area (Å²) in [6, 6.07) is 14.9. The molecule has 0 saturated heterocycles. The van der Waals surface area contributed by atoms with Crippen LogP contribution in [0.25, 0.3) is 0 Å². The Balaban J connectivity index is 2.17. The maximum atomic E-state index is 13.3. The minimum absolute atomic E-state index is 0.0824. The van der Waals surface area contributed by atoms with E-state index in [0.29, 0.717) is 11.3 Å². The topological polar surface area (TPSA) is 21.3 Å². The molecular weight excluding hydrogens is 253 g/mol. The van der Waals surface area contributed by atoms with Crippen molar-refractivity contribution < 1.29 is 9.13 Å². The molecule has 0 aromatic heterocycles. The lowest BCUT2D eigenvalue weighted by Gasteiger charge is -2.20. The number of aryl methyl sites for hydroxylation is 1. The van der Waals surface area contributed by atoms with E-state index in [2.05, 4.69) is 12.2 Å². The molecule has 2 rings (SSSR count). The summed E-state index contributed by atoms with van der Waals surface area (Å²) in [7, 11) is 0. The molecule has 2 nitrogen and oxygen atoms in total. The summed E-state index contributed by atoms with van der Waals surface area (Å²) in [6.07, 6.45) is -0.0824. The Hall–Kier alpha value is -1.87. The SMILES string of the molecule is CCNCC(Oc1ccc(F)c(C)c1)c1ccccc1. The number of ether oxygens (including phenoxy) is 1. The van der Waals surface area contributed by atoms with Crippen molar-refractivity contribution in [2.45, 2.75) is 20.0 Å². The van der Waals surface area contributed by atoms with Crippen LogP contribution < -0.4 is 10.1 Å². The van der Waals surface area contributed by atoms with Crippen LogP contribution in [0, 0.1) is 12.7 Å². The van der Waals surface area contributed by atoms with Crippen LogP contribution in [0.15, 0.2) is 48.5 Å². The number of nitrogens with one attached hydrogen (secondary N) is 1. The highest BCUT2D eigenvalue weighted by Crippen LogP contribution is 2.23. The van der Waals surface area contributed by atoms with Crippen molar-refractivity contribution >= 4 is 0 Å². The summed E-state index contributed by atoms with van der Waals surface area (Å²) in [5.74, 6) is 0.482. The molecule has 106 valence electrons. The van der Waals surface area contributed by atoms with Crippen molar-refractivity contribution in [3.63, 3.8) is 0 Å². The molecule has 1 unspecified atom stereocenters. The van der Waals surface area contributed by atoms with Crippen LogP contribution in [0.2, 0.25) is 0 Å². The number of hydrogen-bond donors (Lipinski definition) is 1. The third-order valence-electron chi connectivity index (χ3n) is 3.16. The minimum atomic E-state index is -0.208. The molecule has 0 aliphatic heterocycles. The zero-order valence-corrected chi connectivity index (χ0v) is 11.9. The summed E-state index contributed by atoms with van der Waals surface area (Å²) in [5.41, 5.74) is 1.70. The summed E-state index contributed by atoms with van der Waals surface area (Å²) >= 11 is 0. The molecule has 0 spiro atoms. The van der Waals surface area contributed by atoms with Gasteiger partial charge in [-0.15, -0.1) is 0 Å². The first-order chi connectivity index (χ1) is 9.70. The molecule has 20 heavy (non-hydrogen) atoms. The standard InChI is InChI=1S/C17H20FNO/c1-3-19-12-17(14-7-5-4-6-8-14)20-15-9-10-16(18)13(2)11-15/h4-11,17,19H,3,12H2,1-2H3. The Bertz CT molecular complexity index is 542. The average molecular weight is 273 g/mol.